The fourth-order valence-electron chi connectivity index (χ4n) is 1.87. The predicted molar refractivity (Wildman–Crippen MR) is 83.9 cm³/mol. The van der Waals surface area contributed by atoms with Gasteiger partial charge in [0.2, 0.25) is 0 Å². The topological polar surface area (TPSA) is 49.3 Å². The number of carbonyl (C=O) groups excluding carboxylic acids is 1. The molecule has 2 aromatic carbocycles. The van der Waals surface area contributed by atoms with Gasteiger partial charge < -0.3 is 0 Å². The Kier molecular flexibility index (Phi) is 5.11. The highest BCUT2D eigenvalue weighted by Gasteiger charge is 2.40. The summed E-state index contributed by atoms with van der Waals surface area (Å²) in [7, 11) is 0. The van der Waals surface area contributed by atoms with Gasteiger partial charge in [-0.15, -0.1) is 11.8 Å². The zero-order valence-corrected chi connectivity index (χ0v) is 12.6. The summed E-state index contributed by atoms with van der Waals surface area (Å²) >= 11 is 2.80. The molecule has 0 saturated heterocycles. The van der Waals surface area contributed by atoms with Crippen LogP contribution in [0.25, 0.3) is 0 Å². The molecule has 1 unspecified atom stereocenters. The monoisotopic (exact) mass is 305 g/mol. The van der Waals surface area contributed by atoms with Crippen molar-refractivity contribution in [2.45, 2.75) is 8.97 Å². The van der Waals surface area contributed by atoms with E-state index < -0.39 is 9.99 Å². The van der Waals surface area contributed by atoms with Crippen LogP contribution in [-0.2, 0) is 8.87 Å². The number of hydrogen-bond acceptors (Lipinski definition) is 4. The van der Waals surface area contributed by atoms with Gasteiger partial charge >= 0.3 is 0 Å². The maximum atomic E-state index is 12.3. The van der Waals surface area contributed by atoms with Crippen molar-refractivity contribution in [1.82, 2.24) is 5.48 Å². The molecular weight excluding hydrogens is 290 g/mol. The molecule has 0 aliphatic carbocycles. The van der Waals surface area contributed by atoms with Gasteiger partial charge in [0.15, 0.2) is 4.08 Å². The van der Waals surface area contributed by atoms with Crippen LogP contribution < -0.4 is 5.48 Å². The molecule has 0 fully saturated rings. The van der Waals surface area contributed by atoms with Crippen molar-refractivity contribution in [3.63, 3.8) is 0 Å². The molecule has 1 amide bonds. The summed E-state index contributed by atoms with van der Waals surface area (Å²) in [6, 6.07) is 19.1. The third-order valence-corrected chi connectivity index (χ3v) is 5.81. The lowest BCUT2D eigenvalue weighted by Crippen LogP contribution is -2.38. The number of rotatable bonds is 5. The summed E-state index contributed by atoms with van der Waals surface area (Å²) in [6.07, 6.45) is 1.86. The third kappa shape index (κ3) is 3.00. The summed E-state index contributed by atoms with van der Waals surface area (Å²) in [5, 5.41) is 9.11. The summed E-state index contributed by atoms with van der Waals surface area (Å²) in [5.74, 6) is -0.440. The van der Waals surface area contributed by atoms with Crippen molar-refractivity contribution in [2.24, 2.45) is 0 Å². The molecule has 1 atom stereocenters. The third-order valence-electron chi connectivity index (χ3n) is 2.85. The Morgan fingerprint density at radius 3 is 2.10 bits per heavy atom. The number of hydrogen-bond donors (Lipinski definition) is 2. The number of carbonyl (C=O) groups is 1. The van der Waals surface area contributed by atoms with E-state index in [-0.39, 0.29) is 0 Å². The Labute approximate surface area is 126 Å². The van der Waals surface area contributed by atoms with Gasteiger partial charge in [0.1, 0.15) is 0 Å². The average molecular weight is 305 g/mol. The molecule has 3 nitrogen and oxygen atoms in total. The zero-order chi connectivity index (χ0) is 14.4. The Balaban J connectivity index is 2.46. The molecule has 0 saturated carbocycles. The van der Waals surface area contributed by atoms with Gasteiger partial charge in [-0.3, -0.25) is 10.0 Å². The fourth-order valence-corrected chi connectivity index (χ4v) is 4.12. The molecule has 0 aliphatic rings. The van der Waals surface area contributed by atoms with Gasteiger partial charge in [-0.25, -0.2) is 5.48 Å². The molecule has 2 rings (SSSR count). The first kappa shape index (κ1) is 15.0. The van der Waals surface area contributed by atoms with Crippen LogP contribution in [-0.4, -0.2) is 17.4 Å². The lowest BCUT2D eigenvalue weighted by Gasteiger charge is -2.29. The minimum absolute atomic E-state index is 0.440. The van der Waals surface area contributed by atoms with E-state index in [2.05, 4.69) is 0 Å². The molecule has 104 valence electrons. The molecule has 0 spiro atoms. The SMILES string of the molecule is CSC(Sc1ccccc1)(C(=O)NO)c1ccccc1. The van der Waals surface area contributed by atoms with Gasteiger partial charge in [-0.2, -0.15) is 0 Å². The van der Waals surface area contributed by atoms with Crippen molar-refractivity contribution in [2.75, 3.05) is 6.26 Å². The first-order valence-electron chi connectivity index (χ1n) is 6.02. The maximum absolute atomic E-state index is 12.3. The molecule has 5 heteroatoms. The smallest absolute Gasteiger partial charge is 0.274 e. The average Bonchev–Trinajstić information content (AvgIpc) is 2.53. The minimum Gasteiger partial charge on any atom is -0.289 e. The van der Waals surface area contributed by atoms with E-state index in [1.807, 2.05) is 66.9 Å². The molecule has 2 N–H and O–H groups in total. The van der Waals surface area contributed by atoms with Crippen molar-refractivity contribution >= 4 is 29.4 Å². The minimum atomic E-state index is -0.919. The standard InChI is InChI=1S/C15H15NO2S2/c1-19-15(14(17)16-18,12-8-4-2-5-9-12)20-13-10-6-3-7-11-13/h2-11,18H,1H3,(H,16,17). The van der Waals surface area contributed by atoms with Crippen LogP contribution in [0.4, 0.5) is 0 Å². The van der Waals surface area contributed by atoms with Gasteiger partial charge in [0, 0.05) is 4.90 Å². The van der Waals surface area contributed by atoms with E-state index in [4.69, 9.17) is 5.21 Å². The Morgan fingerprint density at radius 1 is 1.05 bits per heavy atom. The largest absolute Gasteiger partial charge is 0.289 e. The van der Waals surface area contributed by atoms with E-state index in [1.165, 1.54) is 23.5 Å². The summed E-state index contributed by atoms with van der Waals surface area (Å²) in [4.78, 5) is 13.2. The van der Waals surface area contributed by atoms with Gasteiger partial charge in [0.25, 0.3) is 5.91 Å². The first-order valence-corrected chi connectivity index (χ1v) is 8.06. The van der Waals surface area contributed by atoms with E-state index in [0.717, 1.165) is 10.5 Å². The summed E-state index contributed by atoms with van der Waals surface area (Å²) in [6.45, 7) is 0. The molecule has 0 aliphatic heterocycles. The molecule has 0 bridgehead atoms. The predicted octanol–water partition coefficient (Wildman–Crippen LogP) is 3.50. The van der Waals surface area contributed by atoms with Gasteiger partial charge in [-0.05, 0) is 24.0 Å². The molecule has 2 aromatic rings. The Morgan fingerprint density at radius 2 is 1.60 bits per heavy atom. The Hall–Kier alpha value is -1.43. The zero-order valence-electron chi connectivity index (χ0n) is 10.9. The highest BCUT2D eigenvalue weighted by molar-refractivity contribution is 8.18. The maximum Gasteiger partial charge on any atom is 0.274 e. The van der Waals surface area contributed by atoms with Crippen LogP contribution in [0.5, 0.6) is 0 Å². The lowest BCUT2D eigenvalue weighted by atomic mass is 10.1. The molecule has 0 radical (unpaired) electrons. The van der Waals surface area contributed by atoms with Gasteiger partial charge in [-0.1, -0.05) is 60.3 Å². The number of benzene rings is 2. The second-order valence-electron chi connectivity index (χ2n) is 4.04. The normalized spacial score (nSPS) is 13.5. The quantitative estimate of drug-likeness (QED) is 0.384. The van der Waals surface area contributed by atoms with Gasteiger partial charge in [0.05, 0.1) is 0 Å². The van der Waals surface area contributed by atoms with E-state index >= 15 is 0 Å². The lowest BCUT2D eigenvalue weighted by molar-refractivity contribution is -0.129. The van der Waals surface area contributed by atoms with Crippen LogP contribution in [0.15, 0.2) is 65.6 Å². The van der Waals surface area contributed by atoms with Crippen molar-refractivity contribution < 1.29 is 10.0 Å². The number of nitrogens with one attached hydrogen (secondary N) is 1. The highest BCUT2D eigenvalue weighted by Crippen LogP contribution is 2.49. The second-order valence-corrected chi connectivity index (χ2v) is 6.61. The van der Waals surface area contributed by atoms with Crippen LogP contribution in [0.1, 0.15) is 5.56 Å². The van der Waals surface area contributed by atoms with Crippen LogP contribution in [0.3, 0.4) is 0 Å². The summed E-state index contributed by atoms with van der Waals surface area (Å²) in [5.41, 5.74) is 2.64. The summed E-state index contributed by atoms with van der Waals surface area (Å²) < 4.78 is -0.919. The number of hydroxylamine groups is 1. The van der Waals surface area contributed by atoms with Crippen LogP contribution in [0.2, 0.25) is 0 Å². The highest BCUT2D eigenvalue weighted by atomic mass is 32.2. The Bertz CT molecular complexity index is 563. The van der Waals surface area contributed by atoms with E-state index in [9.17, 15) is 4.79 Å². The second kappa shape index (κ2) is 6.83. The first-order chi connectivity index (χ1) is 9.73. The van der Waals surface area contributed by atoms with Crippen molar-refractivity contribution in [1.29, 1.82) is 0 Å². The van der Waals surface area contributed by atoms with Crippen LogP contribution in [0, 0.1) is 0 Å². The fraction of sp³-hybridized carbons (Fsp3) is 0.133. The van der Waals surface area contributed by atoms with Crippen molar-refractivity contribution in [3.8, 4) is 0 Å². The number of thioether (sulfide) groups is 2. The van der Waals surface area contributed by atoms with Crippen LogP contribution >= 0.6 is 23.5 Å². The van der Waals surface area contributed by atoms with E-state index in [0.29, 0.717) is 0 Å². The molecule has 20 heavy (non-hydrogen) atoms. The molecule has 0 heterocycles. The van der Waals surface area contributed by atoms with Crippen molar-refractivity contribution in [3.05, 3.63) is 66.2 Å². The molecule has 0 aromatic heterocycles. The number of amides is 1. The van der Waals surface area contributed by atoms with E-state index in [1.54, 1.807) is 5.48 Å². The molecular formula is C15H15NO2S2.